The van der Waals surface area contributed by atoms with E-state index in [4.69, 9.17) is 9.47 Å². The molecule has 7 heteroatoms. The first-order chi connectivity index (χ1) is 13.3. The number of hydrogen-bond acceptors (Lipinski definition) is 4. The van der Waals surface area contributed by atoms with Crippen LogP contribution in [-0.4, -0.2) is 61.5 Å². The quantitative estimate of drug-likeness (QED) is 0.379. The maximum atomic E-state index is 10.4. The SMILES string of the molecule is CN=C(NCc1c(O)ccc2c1CCCC2)N1CCOC(C2CCCO2)C1.I. The maximum Gasteiger partial charge on any atom is 0.194 e. The Labute approximate surface area is 184 Å². The smallest absolute Gasteiger partial charge is 0.194 e. The minimum Gasteiger partial charge on any atom is -0.508 e. The van der Waals surface area contributed by atoms with Gasteiger partial charge in [0, 0.05) is 38.9 Å². The van der Waals surface area contributed by atoms with E-state index < -0.39 is 0 Å². The molecule has 156 valence electrons. The minimum atomic E-state index is 0. The molecule has 1 aromatic rings. The number of phenolic OH excluding ortho intramolecular Hbond substituents is 1. The Balaban J connectivity index is 0.00000225. The van der Waals surface area contributed by atoms with Gasteiger partial charge in [0.15, 0.2) is 5.96 Å². The van der Waals surface area contributed by atoms with Crippen molar-refractivity contribution in [1.29, 1.82) is 0 Å². The molecule has 1 aromatic carbocycles. The number of guanidine groups is 1. The number of morpholine rings is 1. The van der Waals surface area contributed by atoms with Crippen LogP contribution in [0.25, 0.3) is 0 Å². The second kappa shape index (κ2) is 10.1. The summed E-state index contributed by atoms with van der Waals surface area (Å²) >= 11 is 0. The number of rotatable bonds is 3. The summed E-state index contributed by atoms with van der Waals surface area (Å²) in [5, 5.41) is 13.9. The molecule has 6 nitrogen and oxygen atoms in total. The topological polar surface area (TPSA) is 66.3 Å². The van der Waals surface area contributed by atoms with E-state index in [-0.39, 0.29) is 36.2 Å². The van der Waals surface area contributed by atoms with Crippen LogP contribution in [0.2, 0.25) is 0 Å². The highest BCUT2D eigenvalue weighted by molar-refractivity contribution is 14.0. The van der Waals surface area contributed by atoms with Crippen molar-refractivity contribution in [3.05, 3.63) is 28.8 Å². The van der Waals surface area contributed by atoms with Gasteiger partial charge in [0.1, 0.15) is 11.9 Å². The van der Waals surface area contributed by atoms with Crippen LogP contribution in [0.5, 0.6) is 5.75 Å². The van der Waals surface area contributed by atoms with Crippen LogP contribution in [0.15, 0.2) is 17.1 Å². The van der Waals surface area contributed by atoms with Crippen molar-refractivity contribution in [1.82, 2.24) is 10.2 Å². The average molecular weight is 501 g/mol. The molecule has 0 bridgehead atoms. The summed E-state index contributed by atoms with van der Waals surface area (Å²) in [7, 11) is 1.82. The molecule has 2 unspecified atom stereocenters. The molecule has 0 spiro atoms. The summed E-state index contributed by atoms with van der Waals surface area (Å²) < 4.78 is 11.8. The Kier molecular flexibility index (Phi) is 7.82. The first-order valence-electron chi connectivity index (χ1n) is 10.3. The molecule has 2 atom stereocenters. The lowest BCUT2D eigenvalue weighted by Gasteiger charge is -2.37. The van der Waals surface area contributed by atoms with Gasteiger partial charge >= 0.3 is 0 Å². The Morgan fingerprint density at radius 3 is 2.79 bits per heavy atom. The molecule has 2 fully saturated rings. The number of halogens is 1. The van der Waals surface area contributed by atoms with Crippen LogP contribution in [0.4, 0.5) is 0 Å². The molecule has 2 saturated heterocycles. The normalized spacial score (nSPS) is 25.2. The first kappa shape index (κ1) is 21.6. The van der Waals surface area contributed by atoms with E-state index in [1.54, 1.807) is 0 Å². The zero-order valence-electron chi connectivity index (χ0n) is 16.7. The van der Waals surface area contributed by atoms with Crippen molar-refractivity contribution in [3.63, 3.8) is 0 Å². The summed E-state index contributed by atoms with van der Waals surface area (Å²) in [6.45, 7) is 3.75. The van der Waals surface area contributed by atoms with E-state index in [2.05, 4.69) is 21.3 Å². The van der Waals surface area contributed by atoms with E-state index in [1.165, 1.54) is 24.0 Å². The van der Waals surface area contributed by atoms with Gasteiger partial charge < -0.3 is 24.8 Å². The molecular weight excluding hydrogens is 469 g/mol. The zero-order valence-corrected chi connectivity index (χ0v) is 19.0. The number of benzene rings is 1. The second-order valence-electron chi connectivity index (χ2n) is 7.72. The summed E-state index contributed by atoms with van der Waals surface area (Å²) in [5.41, 5.74) is 3.73. The molecule has 0 saturated carbocycles. The Bertz CT molecular complexity index is 692. The van der Waals surface area contributed by atoms with Crippen LogP contribution in [0, 0.1) is 0 Å². The molecule has 1 aliphatic carbocycles. The van der Waals surface area contributed by atoms with Gasteiger partial charge in [-0.3, -0.25) is 4.99 Å². The van der Waals surface area contributed by atoms with E-state index in [0.29, 0.717) is 18.9 Å². The van der Waals surface area contributed by atoms with Crippen molar-refractivity contribution in [2.24, 2.45) is 4.99 Å². The average Bonchev–Trinajstić information content (AvgIpc) is 3.25. The highest BCUT2D eigenvalue weighted by Gasteiger charge is 2.32. The van der Waals surface area contributed by atoms with E-state index in [0.717, 1.165) is 56.9 Å². The van der Waals surface area contributed by atoms with Crippen molar-refractivity contribution >= 4 is 29.9 Å². The van der Waals surface area contributed by atoms with Crippen molar-refractivity contribution in [3.8, 4) is 5.75 Å². The third-order valence-electron chi connectivity index (χ3n) is 6.03. The molecule has 2 heterocycles. The Morgan fingerprint density at radius 2 is 2.00 bits per heavy atom. The first-order valence-corrected chi connectivity index (χ1v) is 10.3. The number of hydrogen-bond donors (Lipinski definition) is 2. The van der Waals surface area contributed by atoms with Gasteiger partial charge in [-0.1, -0.05) is 6.07 Å². The molecule has 2 N–H and O–H groups in total. The van der Waals surface area contributed by atoms with Crippen molar-refractivity contribution in [2.45, 2.75) is 57.3 Å². The highest BCUT2D eigenvalue weighted by Crippen LogP contribution is 2.30. The van der Waals surface area contributed by atoms with Crippen LogP contribution in [-0.2, 0) is 28.9 Å². The van der Waals surface area contributed by atoms with Crippen LogP contribution < -0.4 is 5.32 Å². The predicted molar refractivity (Wildman–Crippen MR) is 121 cm³/mol. The molecule has 0 aromatic heterocycles. The van der Waals surface area contributed by atoms with E-state index >= 15 is 0 Å². The minimum absolute atomic E-state index is 0. The van der Waals surface area contributed by atoms with Gasteiger partial charge in [-0.15, -0.1) is 24.0 Å². The van der Waals surface area contributed by atoms with Crippen LogP contribution in [0.3, 0.4) is 0 Å². The van der Waals surface area contributed by atoms with Gasteiger partial charge in [-0.05, 0) is 55.7 Å². The van der Waals surface area contributed by atoms with Gasteiger partial charge in [-0.25, -0.2) is 0 Å². The maximum absolute atomic E-state index is 10.4. The van der Waals surface area contributed by atoms with Crippen LogP contribution in [0.1, 0.15) is 42.4 Å². The van der Waals surface area contributed by atoms with Gasteiger partial charge in [0.25, 0.3) is 0 Å². The Hall–Kier alpha value is -1.06. The molecular formula is C21H32IN3O3. The van der Waals surface area contributed by atoms with Gasteiger partial charge in [-0.2, -0.15) is 0 Å². The number of aromatic hydroxyl groups is 1. The number of phenols is 1. The number of ether oxygens (including phenoxy) is 2. The number of fused-ring (bicyclic) bond motifs is 1. The van der Waals surface area contributed by atoms with Gasteiger partial charge in [0.05, 0.1) is 12.7 Å². The summed E-state index contributed by atoms with van der Waals surface area (Å²) in [5.74, 6) is 1.26. The van der Waals surface area contributed by atoms with Crippen molar-refractivity contribution in [2.75, 3.05) is 33.4 Å². The summed E-state index contributed by atoms with van der Waals surface area (Å²) in [6, 6.07) is 3.92. The monoisotopic (exact) mass is 501 g/mol. The lowest BCUT2D eigenvalue weighted by molar-refractivity contribution is -0.0817. The standard InChI is InChI=1S/C21H31N3O3.HI/c1-22-21(24-10-12-27-20(14-24)19-7-4-11-26-19)23-13-17-16-6-3-2-5-15(16)8-9-18(17)25;/h8-9,19-20,25H,2-7,10-14H2,1H3,(H,22,23);1H. The van der Waals surface area contributed by atoms with E-state index in [1.807, 2.05) is 13.1 Å². The summed E-state index contributed by atoms with van der Waals surface area (Å²) in [6.07, 6.45) is 7.12. The van der Waals surface area contributed by atoms with E-state index in [9.17, 15) is 5.11 Å². The fourth-order valence-electron chi connectivity index (χ4n) is 4.58. The molecule has 28 heavy (non-hydrogen) atoms. The summed E-state index contributed by atoms with van der Waals surface area (Å²) in [4.78, 5) is 6.74. The molecule has 4 rings (SSSR count). The Morgan fingerprint density at radius 1 is 1.18 bits per heavy atom. The predicted octanol–water partition coefficient (Wildman–Crippen LogP) is 2.84. The third kappa shape index (κ3) is 4.74. The lowest BCUT2D eigenvalue weighted by atomic mass is 9.88. The second-order valence-corrected chi connectivity index (χ2v) is 7.72. The number of nitrogens with one attached hydrogen (secondary N) is 1. The number of aryl methyl sites for hydroxylation is 1. The van der Waals surface area contributed by atoms with Crippen LogP contribution >= 0.6 is 24.0 Å². The fraction of sp³-hybridized carbons (Fsp3) is 0.667. The zero-order chi connectivity index (χ0) is 18.6. The largest absolute Gasteiger partial charge is 0.508 e. The number of nitrogens with zero attached hydrogens (tertiary/aromatic N) is 2. The number of aliphatic imine (C=N–C) groups is 1. The van der Waals surface area contributed by atoms with Crippen molar-refractivity contribution < 1.29 is 14.6 Å². The molecule has 2 aliphatic heterocycles. The highest BCUT2D eigenvalue weighted by atomic mass is 127. The molecule has 0 radical (unpaired) electrons. The lowest BCUT2D eigenvalue weighted by Crippen LogP contribution is -2.53. The fourth-order valence-corrected chi connectivity index (χ4v) is 4.58. The molecule has 3 aliphatic rings. The molecule has 0 amide bonds. The van der Waals surface area contributed by atoms with Gasteiger partial charge in [0.2, 0.25) is 0 Å². The third-order valence-corrected chi connectivity index (χ3v) is 6.03.